The zero-order valence-electron chi connectivity index (χ0n) is 8.77. The minimum absolute atomic E-state index is 0.382. The molecule has 8 nitrogen and oxygen atoms in total. The normalized spacial score (nSPS) is 13.7. The van der Waals surface area contributed by atoms with Crippen LogP contribution < -0.4 is 16.4 Å². The molecule has 0 spiro atoms. The number of aliphatic hydroxyl groups is 1. The van der Waals surface area contributed by atoms with Crippen LogP contribution in [0.15, 0.2) is 0 Å². The molecule has 0 rings (SSSR count). The van der Waals surface area contributed by atoms with Crippen molar-refractivity contribution in [1.29, 1.82) is 0 Å². The molecular weight excluding hydrogens is 218 g/mol. The van der Waals surface area contributed by atoms with Crippen LogP contribution in [0, 0.1) is 0 Å². The van der Waals surface area contributed by atoms with E-state index in [0.717, 1.165) is 0 Å². The molecule has 0 aliphatic heterocycles. The van der Waals surface area contributed by atoms with Crippen molar-refractivity contribution in [1.82, 2.24) is 10.6 Å². The third-order valence-electron chi connectivity index (χ3n) is 1.68. The summed E-state index contributed by atoms with van der Waals surface area (Å²) in [6.07, 6.45) is -1.03. The van der Waals surface area contributed by atoms with Crippen LogP contribution in [0.4, 0.5) is 0 Å². The Hall–Kier alpha value is -1.67. The highest BCUT2D eigenvalue weighted by Gasteiger charge is 2.18. The molecule has 0 aromatic carbocycles. The quantitative estimate of drug-likeness (QED) is 0.331. The minimum Gasteiger partial charge on any atom is -0.480 e. The van der Waals surface area contributed by atoms with E-state index in [0.29, 0.717) is 0 Å². The number of carboxylic acid groups (broad SMARTS) is 1. The van der Waals surface area contributed by atoms with Crippen LogP contribution in [0.25, 0.3) is 0 Å². The number of nitrogens with two attached hydrogens (primary N) is 1. The Kier molecular flexibility index (Phi) is 6.04. The van der Waals surface area contributed by atoms with E-state index in [4.69, 9.17) is 15.9 Å². The maximum Gasteiger partial charge on any atom is 0.322 e. The van der Waals surface area contributed by atoms with Crippen molar-refractivity contribution in [2.24, 2.45) is 5.73 Å². The molecule has 8 heteroatoms. The third-order valence-corrected chi connectivity index (χ3v) is 1.68. The van der Waals surface area contributed by atoms with E-state index in [9.17, 15) is 14.4 Å². The molecule has 0 saturated heterocycles. The van der Waals surface area contributed by atoms with Crippen molar-refractivity contribution in [2.45, 2.75) is 19.1 Å². The van der Waals surface area contributed by atoms with Gasteiger partial charge >= 0.3 is 5.97 Å². The number of aliphatic hydroxyl groups excluding tert-OH is 1. The number of carbonyl (C=O) groups is 3. The maximum absolute atomic E-state index is 11.1. The highest BCUT2D eigenvalue weighted by atomic mass is 16.4. The fourth-order valence-electron chi connectivity index (χ4n) is 0.741. The second-order valence-electron chi connectivity index (χ2n) is 3.15. The molecule has 92 valence electrons. The van der Waals surface area contributed by atoms with Gasteiger partial charge in [0.2, 0.25) is 11.8 Å². The lowest BCUT2D eigenvalue weighted by Gasteiger charge is -2.14. The van der Waals surface area contributed by atoms with Gasteiger partial charge in [-0.1, -0.05) is 0 Å². The van der Waals surface area contributed by atoms with Crippen LogP contribution in [0.5, 0.6) is 0 Å². The van der Waals surface area contributed by atoms with E-state index >= 15 is 0 Å². The van der Waals surface area contributed by atoms with Crippen LogP contribution in [-0.2, 0) is 14.4 Å². The van der Waals surface area contributed by atoms with Gasteiger partial charge in [0.1, 0.15) is 12.6 Å². The van der Waals surface area contributed by atoms with Crippen LogP contribution in [0.1, 0.15) is 6.92 Å². The smallest absolute Gasteiger partial charge is 0.322 e. The van der Waals surface area contributed by atoms with Gasteiger partial charge in [0.25, 0.3) is 0 Å². The molecule has 0 aliphatic rings. The van der Waals surface area contributed by atoms with Crippen LogP contribution in [-0.4, -0.2) is 53.2 Å². The van der Waals surface area contributed by atoms with Crippen molar-refractivity contribution < 1.29 is 24.6 Å². The largest absolute Gasteiger partial charge is 0.480 e. The number of carbonyl (C=O) groups excluding carboxylic acids is 2. The van der Waals surface area contributed by atoms with Gasteiger partial charge in [-0.05, 0) is 6.92 Å². The predicted molar refractivity (Wildman–Crippen MR) is 53.3 cm³/mol. The fraction of sp³-hybridized carbons (Fsp3) is 0.625. The Morgan fingerprint density at radius 1 is 1.25 bits per heavy atom. The number of hydrogen-bond acceptors (Lipinski definition) is 5. The molecule has 0 radical (unpaired) electrons. The molecule has 0 aromatic heterocycles. The number of carboxylic acids is 1. The summed E-state index contributed by atoms with van der Waals surface area (Å²) in [5.41, 5.74) is 5.28. The van der Waals surface area contributed by atoms with Gasteiger partial charge < -0.3 is 26.6 Å². The summed E-state index contributed by atoms with van der Waals surface area (Å²) in [6.45, 7) is 0.443. The zero-order chi connectivity index (χ0) is 12.7. The second-order valence-corrected chi connectivity index (χ2v) is 3.15. The summed E-state index contributed by atoms with van der Waals surface area (Å²) in [4.78, 5) is 32.2. The van der Waals surface area contributed by atoms with E-state index in [1.807, 2.05) is 5.32 Å². The molecule has 2 unspecified atom stereocenters. The molecule has 0 saturated carbocycles. The molecular formula is C8H15N3O5. The average molecular weight is 233 g/mol. The van der Waals surface area contributed by atoms with Crippen LogP contribution >= 0.6 is 0 Å². The first kappa shape index (κ1) is 14.3. The maximum atomic E-state index is 11.1. The van der Waals surface area contributed by atoms with Gasteiger partial charge in [-0.3, -0.25) is 14.4 Å². The molecule has 16 heavy (non-hydrogen) atoms. The van der Waals surface area contributed by atoms with Gasteiger partial charge in [-0.2, -0.15) is 0 Å². The Balaban J connectivity index is 3.83. The molecule has 6 N–H and O–H groups in total. The Bertz CT molecular complexity index is 279. The first-order valence-corrected chi connectivity index (χ1v) is 4.54. The molecule has 0 fully saturated rings. The summed E-state index contributed by atoms with van der Waals surface area (Å²) >= 11 is 0. The van der Waals surface area contributed by atoms with Gasteiger partial charge in [-0.25, -0.2) is 0 Å². The lowest BCUT2D eigenvalue weighted by atomic mass is 10.2. The van der Waals surface area contributed by atoms with E-state index in [-0.39, 0.29) is 6.54 Å². The van der Waals surface area contributed by atoms with Crippen molar-refractivity contribution in [3.8, 4) is 0 Å². The lowest BCUT2D eigenvalue weighted by Crippen LogP contribution is -2.49. The average Bonchev–Trinajstić information content (AvgIpc) is 2.21. The first-order chi connectivity index (χ1) is 7.34. The summed E-state index contributed by atoms with van der Waals surface area (Å²) in [5, 5.41) is 21.4. The minimum atomic E-state index is -1.18. The Morgan fingerprint density at radius 3 is 2.25 bits per heavy atom. The molecule has 0 heterocycles. The number of rotatable bonds is 6. The van der Waals surface area contributed by atoms with Crippen molar-refractivity contribution in [3.05, 3.63) is 0 Å². The molecule has 0 aliphatic carbocycles. The highest BCUT2D eigenvalue weighted by molar-refractivity contribution is 5.88. The topological polar surface area (TPSA) is 142 Å². The molecule has 2 atom stereocenters. The molecule has 0 aromatic rings. The fourth-order valence-corrected chi connectivity index (χ4v) is 0.741. The van der Waals surface area contributed by atoms with E-state index in [1.54, 1.807) is 0 Å². The Morgan fingerprint density at radius 2 is 1.81 bits per heavy atom. The first-order valence-electron chi connectivity index (χ1n) is 4.54. The van der Waals surface area contributed by atoms with E-state index in [2.05, 4.69) is 5.32 Å². The predicted octanol–water partition coefficient (Wildman–Crippen LogP) is -2.99. The van der Waals surface area contributed by atoms with Crippen molar-refractivity contribution in [3.63, 3.8) is 0 Å². The van der Waals surface area contributed by atoms with Crippen molar-refractivity contribution in [2.75, 3.05) is 13.1 Å². The van der Waals surface area contributed by atoms with E-state index in [1.165, 1.54) is 6.92 Å². The standard InChI is InChI=1S/C8H15N3O5/c1-4(12)7(9)8(16)11-2-5(13)10-3-6(14)15/h4,7,12H,2-3,9H2,1H3,(H,10,13)(H,11,16)(H,14,15). The zero-order valence-corrected chi connectivity index (χ0v) is 8.77. The number of hydrogen-bond donors (Lipinski definition) is 5. The van der Waals surface area contributed by atoms with E-state index < -0.39 is 36.5 Å². The van der Waals surface area contributed by atoms with Gasteiger partial charge in [0, 0.05) is 0 Å². The summed E-state index contributed by atoms with van der Waals surface area (Å²) in [7, 11) is 0. The summed E-state index contributed by atoms with van der Waals surface area (Å²) in [5.74, 6) is -2.51. The summed E-state index contributed by atoms with van der Waals surface area (Å²) < 4.78 is 0. The number of aliphatic carboxylic acids is 1. The van der Waals surface area contributed by atoms with Gasteiger partial charge in [-0.15, -0.1) is 0 Å². The SMILES string of the molecule is CC(O)C(N)C(=O)NCC(=O)NCC(=O)O. The third kappa shape index (κ3) is 5.94. The van der Waals surface area contributed by atoms with Crippen LogP contribution in [0.3, 0.4) is 0 Å². The van der Waals surface area contributed by atoms with Gasteiger partial charge in [0.05, 0.1) is 12.6 Å². The summed E-state index contributed by atoms with van der Waals surface area (Å²) in [6, 6.07) is -1.12. The second kappa shape index (κ2) is 6.75. The molecule has 2 amide bonds. The van der Waals surface area contributed by atoms with Gasteiger partial charge in [0.15, 0.2) is 0 Å². The number of amides is 2. The van der Waals surface area contributed by atoms with Crippen molar-refractivity contribution >= 4 is 17.8 Å². The highest BCUT2D eigenvalue weighted by Crippen LogP contribution is 1.87. The monoisotopic (exact) mass is 233 g/mol. The Labute approximate surface area is 91.8 Å². The molecule has 0 bridgehead atoms. The van der Waals surface area contributed by atoms with Crippen LogP contribution in [0.2, 0.25) is 0 Å². The number of nitrogens with one attached hydrogen (secondary N) is 2. The lowest BCUT2D eigenvalue weighted by molar-refractivity contribution is -0.137.